The maximum absolute atomic E-state index is 11.7. The summed E-state index contributed by atoms with van der Waals surface area (Å²) < 4.78 is 5.03. The van der Waals surface area contributed by atoms with Gasteiger partial charge in [0.05, 0.1) is 0 Å². The number of nitrogens with one attached hydrogen (secondary N) is 1. The average molecular weight is 329 g/mol. The minimum absolute atomic E-state index is 0.00555. The quantitative estimate of drug-likeness (QED) is 0.602. The zero-order valence-corrected chi connectivity index (χ0v) is 13.5. The summed E-state index contributed by atoms with van der Waals surface area (Å²) in [5.74, 6) is -1.20. The lowest BCUT2D eigenvalue weighted by atomic mass is 10.1. The molecular formula is C14H20NO6P. The van der Waals surface area contributed by atoms with E-state index >= 15 is 0 Å². The molecule has 1 aromatic rings. The number of carbonyl (C=O) groups excluding carboxylic acids is 1. The molecule has 0 aliphatic carbocycles. The average Bonchev–Trinajstić information content (AvgIpc) is 2.35. The zero-order chi connectivity index (χ0) is 16.9. The van der Waals surface area contributed by atoms with Crippen LogP contribution >= 0.6 is 8.38 Å². The highest BCUT2D eigenvalue weighted by atomic mass is 31.2. The number of benzene rings is 1. The minimum atomic E-state index is -2.25. The normalized spacial score (nSPS) is 12.8. The Bertz CT molecular complexity index is 540. The summed E-state index contributed by atoms with van der Waals surface area (Å²) in [7, 11) is -2.25. The van der Waals surface area contributed by atoms with E-state index < -0.39 is 32.1 Å². The fourth-order valence-corrected chi connectivity index (χ4v) is 2.19. The van der Waals surface area contributed by atoms with Crippen molar-refractivity contribution in [2.45, 2.75) is 38.8 Å². The third-order valence-corrected chi connectivity index (χ3v) is 3.31. The van der Waals surface area contributed by atoms with Gasteiger partial charge in [-0.25, -0.2) is 9.59 Å². The first kappa shape index (κ1) is 18.4. The van der Waals surface area contributed by atoms with Crippen molar-refractivity contribution in [1.29, 1.82) is 0 Å². The molecule has 0 fully saturated rings. The fraction of sp³-hybridized carbons (Fsp3) is 0.429. The van der Waals surface area contributed by atoms with Gasteiger partial charge in [0, 0.05) is 11.7 Å². The largest absolute Gasteiger partial charge is 0.480 e. The van der Waals surface area contributed by atoms with Crippen molar-refractivity contribution in [3.05, 3.63) is 29.8 Å². The first-order valence-corrected chi connectivity index (χ1v) is 7.82. The Morgan fingerprint density at radius 1 is 1.32 bits per heavy atom. The second kappa shape index (κ2) is 7.54. The molecule has 8 heteroatoms. The number of carbonyl (C=O) groups is 2. The number of hydrogen-bond donors (Lipinski definition) is 4. The van der Waals surface area contributed by atoms with Crippen LogP contribution in [-0.4, -0.2) is 38.6 Å². The minimum Gasteiger partial charge on any atom is -0.480 e. The number of ether oxygens (including phenoxy) is 1. The van der Waals surface area contributed by atoms with Crippen molar-refractivity contribution in [3.63, 3.8) is 0 Å². The van der Waals surface area contributed by atoms with Gasteiger partial charge in [-0.2, -0.15) is 0 Å². The van der Waals surface area contributed by atoms with Gasteiger partial charge in [0.2, 0.25) is 0 Å². The van der Waals surface area contributed by atoms with Crippen LogP contribution in [-0.2, 0) is 16.0 Å². The monoisotopic (exact) mass is 329 g/mol. The number of aliphatic carboxylic acids is 1. The van der Waals surface area contributed by atoms with E-state index in [0.29, 0.717) is 10.9 Å². The summed E-state index contributed by atoms with van der Waals surface area (Å²) in [6, 6.07) is 5.10. The van der Waals surface area contributed by atoms with E-state index in [1.165, 1.54) is 12.1 Å². The topological polar surface area (TPSA) is 116 Å². The zero-order valence-electron chi connectivity index (χ0n) is 12.6. The third-order valence-electron chi connectivity index (χ3n) is 2.57. The standard InChI is InChI=1S/C14H20NO6P/c1-14(2,3)21-13(18)15-11(12(16)17)8-9-5-4-6-10(7-9)22(19)20/h4-7,11,19-20H,8H2,1-3H3,(H,15,18)(H,16,17). The van der Waals surface area contributed by atoms with Crippen LogP contribution in [0.5, 0.6) is 0 Å². The highest BCUT2D eigenvalue weighted by Crippen LogP contribution is 2.22. The van der Waals surface area contributed by atoms with Crippen LogP contribution in [0.1, 0.15) is 26.3 Å². The van der Waals surface area contributed by atoms with Crippen LogP contribution in [0.25, 0.3) is 0 Å². The van der Waals surface area contributed by atoms with Gasteiger partial charge in [-0.15, -0.1) is 0 Å². The maximum atomic E-state index is 11.7. The second-order valence-electron chi connectivity index (χ2n) is 5.70. The summed E-state index contributed by atoms with van der Waals surface area (Å²) in [4.78, 5) is 41.3. The lowest BCUT2D eigenvalue weighted by Gasteiger charge is -2.22. The molecule has 0 heterocycles. The van der Waals surface area contributed by atoms with Crippen molar-refractivity contribution in [3.8, 4) is 0 Å². The first-order chi connectivity index (χ1) is 10.1. The molecule has 0 aromatic heterocycles. The molecule has 1 rings (SSSR count). The Morgan fingerprint density at radius 3 is 2.45 bits per heavy atom. The first-order valence-electron chi connectivity index (χ1n) is 6.57. The van der Waals surface area contributed by atoms with E-state index in [4.69, 9.17) is 4.74 Å². The van der Waals surface area contributed by atoms with Crippen LogP contribution in [0, 0.1) is 0 Å². The van der Waals surface area contributed by atoms with Crippen LogP contribution in [0.15, 0.2) is 24.3 Å². The van der Waals surface area contributed by atoms with Crippen molar-refractivity contribution in [2.24, 2.45) is 0 Å². The van der Waals surface area contributed by atoms with E-state index in [2.05, 4.69) is 5.32 Å². The number of alkyl carbamates (subject to hydrolysis) is 1. The van der Waals surface area contributed by atoms with E-state index in [0.717, 1.165) is 0 Å². The van der Waals surface area contributed by atoms with E-state index in [9.17, 15) is 24.5 Å². The molecule has 0 aliphatic rings. The molecule has 1 unspecified atom stereocenters. The Hall–Kier alpha value is -1.69. The number of carboxylic acid groups (broad SMARTS) is 1. The van der Waals surface area contributed by atoms with Crippen LogP contribution < -0.4 is 10.6 Å². The van der Waals surface area contributed by atoms with Gasteiger partial charge in [0.1, 0.15) is 11.6 Å². The fourth-order valence-electron chi connectivity index (χ4n) is 1.69. The molecule has 122 valence electrons. The summed E-state index contributed by atoms with van der Waals surface area (Å²) in [5.41, 5.74) is -0.159. The second-order valence-corrected chi connectivity index (χ2v) is 6.80. The molecule has 4 N–H and O–H groups in total. The van der Waals surface area contributed by atoms with Crippen molar-refractivity contribution in [1.82, 2.24) is 5.32 Å². The van der Waals surface area contributed by atoms with Gasteiger partial charge in [-0.1, -0.05) is 12.1 Å². The smallest absolute Gasteiger partial charge is 0.408 e. The number of carboxylic acids is 1. The van der Waals surface area contributed by atoms with Gasteiger partial charge in [-0.05, 0) is 38.5 Å². The van der Waals surface area contributed by atoms with Crippen molar-refractivity contribution >= 4 is 25.7 Å². The molecule has 0 saturated carbocycles. The van der Waals surface area contributed by atoms with Crippen molar-refractivity contribution < 1.29 is 29.2 Å². The molecule has 0 aliphatic heterocycles. The van der Waals surface area contributed by atoms with Crippen LogP contribution in [0.2, 0.25) is 0 Å². The molecular weight excluding hydrogens is 309 g/mol. The Labute approximate surface area is 129 Å². The van der Waals surface area contributed by atoms with Gasteiger partial charge in [0.25, 0.3) is 0 Å². The highest BCUT2D eigenvalue weighted by Gasteiger charge is 2.24. The van der Waals surface area contributed by atoms with E-state index in [1.54, 1.807) is 32.9 Å². The molecule has 1 atom stereocenters. The number of rotatable bonds is 5. The molecule has 22 heavy (non-hydrogen) atoms. The molecule has 0 spiro atoms. The van der Waals surface area contributed by atoms with E-state index in [-0.39, 0.29) is 6.42 Å². The Balaban J connectivity index is 2.79. The lowest BCUT2D eigenvalue weighted by molar-refractivity contribution is -0.139. The molecule has 1 aromatic carbocycles. The number of amides is 1. The Morgan fingerprint density at radius 2 is 1.95 bits per heavy atom. The van der Waals surface area contributed by atoms with E-state index in [1.807, 2.05) is 0 Å². The summed E-state index contributed by atoms with van der Waals surface area (Å²) >= 11 is 0. The SMILES string of the molecule is CC(C)(C)OC(=O)NC(Cc1cccc(P(O)O)c1)C(=O)O. The van der Waals surface area contributed by atoms with Crippen LogP contribution in [0.3, 0.4) is 0 Å². The predicted octanol–water partition coefficient (Wildman–Crippen LogP) is 1.13. The van der Waals surface area contributed by atoms with Gasteiger partial charge in [0.15, 0.2) is 8.38 Å². The van der Waals surface area contributed by atoms with Gasteiger partial charge < -0.3 is 24.9 Å². The Kier molecular flexibility index (Phi) is 6.29. The van der Waals surface area contributed by atoms with Gasteiger partial charge >= 0.3 is 12.1 Å². The third kappa shape index (κ3) is 6.39. The van der Waals surface area contributed by atoms with Gasteiger partial charge in [-0.3, -0.25) is 0 Å². The molecule has 0 radical (unpaired) electrons. The lowest BCUT2D eigenvalue weighted by Crippen LogP contribution is -2.44. The maximum Gasteiger partial charge on any atom is 0.408 e. The molecule has 7 nitrogen and oxygen atoms in total. The van der Waals surface area contributed by atoms with Crippen LogP contribution in [0.4, 0.5) is 4.79 Å². The number of hydrogen-bond acceptors (Lipinski definition) is 5. The van der Waals surface area contributed by atoms with Crippen molar-refractivity contribution in [2.75, 3.05) is 0 Å². The molecule has 1 amide bonds. The highest BCUT2D eigenvalue weighted by molar-refractivity contribution is 7.54. The summed E-state index contributed by atoms with van der Waals surface area (Å²) in [5, 5.41) is 11.8. The summed E-state index contributed by atoms with van der Waals surface area (Å²) in [6.07, 6.45) is -0.811. The molecule has 0 saturated heterocycles. The summed E-state index contributed by atoms with van der Waals surface area (Å²) in [6.45, 7) is 5.03. The molecule has 0 bridgehead atoms. The predicted molar refractivity (Wildman–Crippen MR) is 81.9 cm³/mol.